The third-order valence-corrected chi connectivity index (χ3v) is 7.02. The van der Waals surface area contributed by atoms with E-state index in [-0.39, 0.29) is 22.8 Å². The van der Waals surface area contributed by atoms with Crippen LogP contribution in [0.2, 0.25) is 0 Å². The molecule has 0 spiro atoms. The Morgan fingerprint density at radius 2 is 1.97 bits per heavy atom. The smallest absolute Gasteiger partial charge is 0.230 e. The third kappa shape index (κ3) is 4.27. The van der Waals surface area contributed by atoms with Gasteiger partial charge < -0.3 is 4.90 Å². The number of carbonyl (C=O) groups is 1. The first-order valence-corrected chi connectivity index (χ1v) is 11.4. The van der Waals surface area contributed by atoms with E-state index >= 15 is 0 Å². The quantitative estimate of drug-likeness (QED) is 0.699. The van der Waals surface area contributed by atoms with Gasteiger partial charge in [0, 0.05) is 36.2 Å². The molecule has 32 heavy (non-hydrogen) atoms. The van der Waals surface area contributed by atoms with Crippen molar-refractivity contribution in [1.29, 1.82) is 5.26 Å². The van der Waals surface area contributed by atoms with Crippen LogP contribution in [0.1, 0.15) is 62.0 Å². The minimum atomic E-state index is -0.477. The Bertz CT molecular complexity index is 1070. The number of hydrogen-bond donors (Lipinski definition) is 0. The van der Waals surface area contributed by atoms with Crippen molar-refractivity contribution in [3.8, 4) is 6.07 Å². The van der Waals surface area contributed by atoms with E-state index in [1.165, 1.54) is 6.07 Å². The van der Waals surface area contributed by atoms with Gasteiger partial charge in [0.1, 0.15) is 11.9 Å². The van der Waals surface area contributed by atoms with Crippen LogP contribution in [0, 0.1) is 30.0 Å². The van der Waals surface area contributed by atoms with Gasteiger partial charge in [0.25, 0.3) is 0 Å². The summed E-state index contributed by atoms with van der Waals surface area (Å²) >= 11 is 0. The lowest BCUT2D eigenvalue weighted by atomic mass is 9.84. The van der Waals surface area contributed by atoms with E-state index in [0.29, 0.717) is 19.1 Å². The second-order valence-corrected chi connectivity index (χ2v) is 9.98. The Balaban J connectivity index is 1.38. The number of carbonyl (C=O) groups excluding carboxylic acids is 1. The Morgan fingerprint density at radius 1 is 1.25 bits per heavy atom. The van der Waals surface area contributed by atoms with E-state index < -0.39 is 5.82 Å². The number of pyridine rings is 1. The summed E-state index contributed by atoms with van der Waals surface area (Å²) in [5, 5.41) is 9.06. The van der Waals surface area contributed by atoms with Crippen molar-refractivity contribution in [3.05, 3.63) is 58.7 Å². The van der Waals surface area contributed by atoms with Crippen LogP contribution in [0.4, 0.5) is 10.1 Å². The molecular formula is C26H31FN4O. The molecule has 0 unspecified atom stereocenters. The fraction of sp³-hybridized carbons (Fsp3) is 0.500. The molecule has 2 heterocycles. The molecule has 4 rings (SSSR count). The number of anilines is 1. The highest BCUT2D eigenvalue weighted by atomic mass is 19.1. The van der Waals surface area contributed by atoms with Crippen molar-refractivity contribution < 1.29 is 9.18 Å². The Kier molecular flexibility index (Phi) is 6.05. The third-order valence-electron chi connectivity index (χ3n) is 7.02. The summed E-state index contributed by atoms with van der Waals surface area (Å²) in [4.78, 5) is 22.4. The number of benzene rings is 1. The lowest BCUT2D eigenvalue weighted by Gasteiger charge is -2.35. The Hall–Kier alpha value is -2.78. The SMILES string of the molecule is Cc1ccc2c(n1)C(C)(C)CN2C(=O)[C@H]1CC[C@H](N(C)Cc2ccc(F)c(C#N)c2)CC1. The maximum Gasteiger partial charge on any atom is 0.230 e. The van der Waals surface area contributed by atoms with E-state index in [2.05, 4.69) is 25.8 Å². The summed E-state index contributed by atoms with van der Waals surface area (Å²) in [6.07, 6.45) is 3.64. The molecule has 2 aliphatic rings. The fourth-order valence-corrected chi connectivity index (χ4v) is 5.17. The van der Waals surface area contributed by atoms with Crippen molar-refractivity contribution in [2.75, 3.05) is 18.5 Å². The highest BCUT2D eigenvalue weighted by molar-refractivity contribution is 5.97. The first-order valence-electron chi connectivity index (χ1n) is 11.4. The number of halogens is 1. The molecular weight excluding hydrogens is 403 g/mol. The molecule has 1 amide bonds. The van der Waals surface area contributed by atoms with Gasteiger partial charge in [0.15, 0.2) is 0 Å². The molecule has 2 aromatic rings. The highest BCUT2D eigenvalue weighted by Crippen LogP contribution is 2.41. The number of aromatic nitrogens is 1. The molecule has 0 radical (unpaired) electrons. The summed E-state index contributed by atoms with van der Waals surface area (Å²) in [7, 11) is 2.06. The van der Waals surface area contributed by atoms with Gasteiger partial charge in [-0.2, -0.15) is 5.26 Å². The Labute approximate surface area is 189 Å². The number of rotatable bonds is 4. The lowest BCUT2D eigenvalue weighted by Crippen LogP contribution is -2.42. The van der Waals surface area contributed by atoms with Crippen LogP contribution in [0.15, 0.2) is 30.3 Å². The van der Waals surface area contributed by atoms with E-state index in [0.717, 1.165) is 48.3 Å². The molecule has 0 saturated heterocycles. The molecule has 1 aromatic carbocycles. The normalized spacial score (nSPS) is 22.0. The van der Waals surface area contributed by atoms with Gasteiger partial charge in [-0.15, -0.1) is 0 Å². The first-order chi connectivity index (χ1) is 15.2. The number of aryl methyl sites for hydroxylation is 1. The predicted molar refractivity (Wildman–Crippen MR) is 123 cm³/mol. The van der Waals surface area contributed by atoms with Gasteiger partial charge in [-0.3, -0.25) is 14.7 Å². The molecule has 1 aromatic heterocycles. The summed E-state index contributed by atoms with van der Waals surface area (Å²) in [6, 6.07) is 11.0. The van der Waals surface area contributed by atoms with Crippen molar-refractivity contribution >= 4 is 11.6 Å². The van der Waals surface area contributed by atoms with Crippen LogP contribution in [-0.4, -0.2) is 35.4 Å². The van der Waals surface area contributed by atoms with Crippen molar-refractivity contribution in [2.24, 2.45) is 5.92 Å². The molecule has 0 bridgehead atoms. The van der Waals surface area contributed by atoms with Gasteiger partial charge in [0.05, 0.1) is 16.9 Å². The number of amides is 1. The van der Waals surface area contributed by atoms with E-state index in [1.54, 1.807) is 12.1 Å². The molecule has 168 valence electrons. The van der Waals surface area contributed by atoms with Gasteiger partial charge in [-0.25, -0.2) is 4.39 Å². The van der Waals surface area contributed by atoms with Gasteiger partial charge in [-0.1, -0.05) is 19.9 Å². The van der Waals surface area contributed by atoms with Crippen LogP contribution in [0.5, 0.6) is 0 Å². The molecule has 1 fully saturated rings. The monoisotopic (exact) mass is 434 g/mol. The second-order valence-electron chi connectivity index (χ2n) is 9.98. The van der Waals surface area contributed by atoms with Crippen LogP contribution in [-0.2, 0) is 16.8 Å². The van der Waals surface area contributed by atoms with E-state index in [1.807, 2.05) is 30.0 Å². The summed E-state index contributed by atoms with van der Waals surface area (Å²) in [5.41, 5.74) is 3.86. The molecule has 1 aliphatic carbocycles. The van der Waals surface area contributed by atoms with Crippen LogP contribution in [0.25, 0.3) is 0 Å². The first kappa shape index (κ1) is 22.4. The number of nitriles is 1. The minimum absolute atomic E-state index is 0.0405. The van der Waals surface area contributed by atoms with Gasteiger partial charge in [-0.05, 0) is 69.5 Å². The minimum Gasteiger partial charge on any atom is -0.309 e. The maximum atomic E-state index is 13.6. The average molecular weight is 435 g/mol. The van der Waals surface area contributed by atoms with Crippen molar-refractivity contribution in [1.82, 2.24) is 9.88 Å². The maximum absolute atomic E-state index is 13.6. The Morgan fingerprint density at radius 3 is 2.66 bits per heavy atom. The zero-order chi connectivity index (χ0) is 23.0. The molecule has 0 N–H and O–H groups in total. The number of fused-ring (bicyclic) bond motifs is 1. The van der Waals surface area contributed by atoms with E-state index in [4.69, 9.17) is 10.2 Å². The summed E-state index contributed by atoms with van der Waals surface area (Å²) in [5.74, 6) is -0.213. The van der Waals surface area contributed by atoms with E-state index in [9.17, 15) is 9.18 Å². The van der Waals surface area contributed by atoms with Gasteiger partial charge in [0.2, 0.25) is 5.91 Å². The van der Waals surface area contributed by atoms with Crippen LogP contribution in [0.3, 0.4) is 0 Å². The van der Waals surface area contributed by atoms with Crippen molar-refractivity contribution in [2.45, 2.75) is 64.5 Å². The molecule has 1 aliphatic heterocycles. The zero-order valence-corrected chi connectivity index (χ0v) is 19.4. The van der Waals surface area contributed by atoms with Gasteiger partial charge >= 0.3 is 0 Å². The lowest BCUT2D eigenvalue weighted by molar-refractivity contribution is -0.123. The molecule has 1 saturated carbocycles. The zero-order valence-electron chi connectivity index (χ0n) is 19.4. The van der Waals surface area contributed by atoms with Crippen molar-refractivity contribution in [3.63, 3.8) is 0 Å². The van der Waals surface area contributed by atoms with Crippen LogP contribution < -0.4 is 4.90 Å². The molecule has 5 nitrogen and oxygen atoms in total. The molecule has 0 atom stereocenters. The summed E-state index contributed by atoms with van der Waals surface area (Å²) in [6.45, 7) is 7.65. The number of nitrogens with zero attached hydrogens (tertiary/aromatic N) is 4. The highest BCUT2D eigenvalue weighted by Gasteiger charge is 2.42. The fourth-order valence-electron chi connectivity index (χ4n) is 5.17. The van der Waals surface area contributed by atoms with Crippen LogP contribution >= 0.6 is 0 Å². The topological polar surface area (TPSA) is 60.2 Å². The standard InChI is InChI=1S/C26H31FN4O/c1-17-5-12-23-24(29-17)26(2,3)16-31(23)25(32)19-7-9-21(10-8-19)30(4)15-18-6-11-22(27)20(13-18)14-28/h5-6,11-13,19,21H,7-10,15-16H2,1-4H3/t19-,21-. The number of hydrogen-bond acceptors (Lipinski definition) is 4. The largest absolute Gasteiger partial charge is 0.309 e. The average Bonchev–Trinajstić information content (AvgIpc) is 3.04. The predicted octanol–water partition coefficient (Wildman–Crippen LogP) is 4.72. The molecule has 6 heteroatoms. The second kappa shape index (κ2) is 8.63. The summed E-state index contributed by atoms with van der Waals surface area (Å²) < 4.78 is 13.6.